The topological polar surface area (TPSA) is 59.1 Å². The summed E-state index contributed by atoms with van der Waals surface area (Å²) >= 11 is 1.66. The predicted molar refractivity (Wildman–Crippen MR) is 70.2 cm³/mol. The van der Waals surface area contributed by atoms with Crippen LogP contribution in [0.5, 0.6) is 0 Å². The second kappa shape index (κ2) is 5.04. The molecular weight excluding hydrogens is 256 g/mol. The third-order valence-corrected chi connectivity index (χ3v) is 6.11. The van der Waals surface area contributed by atoms with E-state index in [1.54, 1.807) is 11.3 Å². The van der Waals surface area contributed by atoms with E-state index in [9.17, 15) is 8.42 Å². The van der Waals surface area contributed by atoms with Gasteiger partial charge in [0.25, 0.3) is 0 Å². The molecule has 0 bridgehead atoms. The molecule has 1 aliphatic heterocycles. The van der Waals surface area contributed by atoms with Gasteiger partial charge >= 0.3 is 0 Å². The van der Waals surface area contributed by atoms with E-state index in [1.165, 1.54) is 4.88 Å². The highest BCUT2D eigenvalue weighted by atomic mass is 32.2. The van der Waals surface area contributed by atoms with E-state index in [-0.39, 0.29) is 11.7 Å². The molecule has 0 saturated carbocycles. The summed E-state index contributed by atoms with van der Waals surface area (Å²) in [6.45, 7) is 5.83. The van der Waals surface area contributed by atoms with Crippen LogP contribution >= 0.6 is 11.3 Å². The Hall–Kier alpha value is -0.460. The highest BCUT2D eigenvalue weighted by Gasteiger charge is 2.31. The van der Waals surface area contributed by atoms with E-state index in [2.05, 4.69) is 17.2 Å². The Morgan fingerprint density at radius 3 is 2.88 bits per heavy atom. The van der Waals surface area contributed by atoms with Gasteiger partial charge in [-0.25, -0.2) is 13.4 Å². The van der Waals surface area contributed by atoms with E-state index in [4.69, 9.17) is 0 Å². The number of hydrogen-bond acceptors (Lipinski definition) is 5. The average molecular weight is 274 g/mol. The fraction of sp³-hybridized carbons (Fsp3) is 0.727. The van der Waals surface area contributed by atoms with Crippen LogP contribution in [0.4, 0.5) is 0 Å². The third-order valence-electron chi connectivity index (χ3n) is 3.03. The third kappa shape index (κ3) is 3.05. The number of hydrogen-bond donors (Lipinski definition) is 1. The molecule has 1 aromatic rings. The van der Waals surface area contributed by atoms with Crippen LogP contribution in [0.15, 0.2) is 0 Å². The molecule has 1 aromatic heterocycles. The number of nitrogens with one attached hydrogen (secondary N) is 1. The van der Waals surface area contributed by atoms with Crippen LogP contribution in [0.1, 0.15) is 34.8 Å². The van der Waals surface area contributed by atoms with Gasteiger partial charge in [-0.15, -0.1) is 11.3 Å². The quantitative estimate of drug-likeness (QED) is 0.903. The van der Waals surface area contributed by atoms with Gasteiger partial charge in [0.1, 0.15) is 0 Å². The molecule has 0 aliphatic carbocycles. The molecule has 1 atom stereocenters. The summed E-state index contributed by atoms with van der Waals surface area (Å²) in [7, 11) is -2.81. The number of rotatable bonds is 4. The molecule has 1 fully saturated rings. The van der Waals surface area contributed by atoms with Gasteiger partial charge < -0.3 is 5.32 Å². The minimum atomic E-state index is -2.81. The van der Waals surface area contributed by atoms with Crippen molar-refractivity contribution < 1.29 is 8.42 Å². The van der Waals surface area contributed by atoms with Gasteiger partial charge in [-0.1, -0.05) is 6.92 Å². The van der Waals surface area contributed by atoms with Crippen LogP contribution in [-0.2, 0) is 16.4 Å². The zero-order valence-electron chi connectivity index (χ0n) is 10.2. The second-order valence-corrected chi connectivity index (χ2v) is 7.78. The molecule has 2 heterocycles. The molecule has 0 aromatic carbocycles. The molecule has 1 unspecified atom stereocenters. The van der Waals surface area contributed by atoms with Gasteiger partial charge in [0, 0.05) is 17.3 Å². The lowest BCUT2D eigenvalue weighted by atomic mass is 10.1. The molecule has 1 N–H and O–H groups in total. The molecule has 1 saturated heterocycles. The zero-order valence-corrected chi connectivity index (χ0v) is 11.8. The highest BCUT2D eigenvalue weighted by molar-refractivity contribution is 7.91. The summed E-state index contributed by atoms with van der Waals surface area (Å²) < 4.78 is 22.9. The number of aromatic nitrogens is 1. The molecule has 1 aliphatic rings. The summed E-state index contributed by atoms with van der Waals surface area (Å²) in [6.07, 6.45) is 0.732. The average Bonchev–Trinajstić information content (AvgIpc) is 2.79. The van der Waals surface area contributed by atoms with Crippen molar-refractivity contribution in [3.8, 4) is 0 Å². The smallest absolute Gasteiger partial charge is 0.151 e. The van der Waals surface area contributed by atoms with Gasteiger partial charge in [0.05, 0.1) is 22.2 Å². The maximum absolute atomic E-state index is 11.4. The zero-order chi connectivity index (χ0) is 12.5. The summed E-state index contributed by atoms with van der Waals surface area (Å²) in [6, 6.07) is 0. The number of thiazole rings is 1. The van der Waals surface area contributed by atoms with Crippen LogP contribution in [0.25, 0.3) is 0 Å². The van der Waals surface area contributed by atoms with Crippen LogP contribution in [-0.4, -0.2) is 31.5 Å². The first-order chi connectivity index (χ1) is 8.02. The van der Waals surface area contributed by atoms with Crippen molar-refractivity contribution in [2.45, 2.75) is 32.7 Å². The highest BCUT2D eigenvalue weighted by Crippen LogP contribution is 2.32. The summed E-state index contributed by atoms with van der Waals surface area (Å²) in [4.78, 5) is 5.75. The minimum absolute atomic E-state index is 0.124. The van der Waals surface area contributed by atoms with Crippen molar-refractivity contribution in [1.29, 1.82) is 0 Å². The second-order valence-electron chi connectivity index (χ2n) is 4.44. The minimum Gasteiger partial charge on any atom is -0.312 e. The van der Waals surface area contributed by atoms with Crippen LogP contribution < -0.4 is 5.32 Å². The van der Waals surface area contributed by atoms with Crippen LogP contribution in [0.2, 0.25) is 0 Å². The van der Waals surface area contributed by atoms with Crippen LogP contribution in [0.3, 0.4) is 0 Å². The molecule has 17 heavy (non-hydrogen) atoms. The Balaban J connectivity index is 2.12. The van der Waals surface area contributed by atoms with E-state index in [0.29, 0.717) is 5.75 Å². The SMILES string of the molecule is CCNCc1sc(C2CCS(=O)(=O)C2)nc1C. The predicted octanol–water partition coefficient (Wildman–Crippen LogP) is 1.46. The standard InChI is InChI=1S/C11H18N2O2S2/c1-3-12-6-10-8(2)13-11(16-10)9-4-5-17(14,15)7-9/h9,12H,3-7H2,1-2H3. The van der Waals surface area contributed by atoms with E-state index in [1.807, 2.05) is 6.92 Å². The Morgan fingerprint density at radius 2 is 2.29 bits per heavy atom. The molecule has 0 amide bonds. The Kier molecular flexibility index (Phi) is 3.85. The molecule has 4 nitrogen and oxygen atoms in total. The van der Waals surface area contributed by atoms with E-state index >= 15 is 0 Å². The molecule has 96 valence electrons. The lowest BCUT2D eigenvalue weighted by Crippen LogP contribution is -2.11. The molecule has 2 rings (SSSR count). The van der Waals surface area contributed by atoms with Crippen LogP contribution in [0, 0.1) is 6.92 Å². The Morgan fingerprint density at radius 1 is 1.53 bits per heavy atom. The first-order valence-electron chi connectivity index (χ1n) is 5.89. The van der Waals surface area contributed by atoms with Gasteiger partial charge in [-0.05, 0) is 19.9 Å². The van der Waals surface area contributed by atoms with Crippen molar-refractivity contribution in [3.05, 3.63) is 15.6 Å². The van der Waals surface area contributed by atoms with Crippen molar-refractivity contribution in [3.63, 3.8) is 0 Å². The first kappa shape index (κ1) is 13.0. The first-order valence-corrected chi connectivity index (χ1v) is 8.53. The van der Waals surface area contributed by atoms with E-state index < -0.39 is 9.84 Å². The van der Waals surface area contributed by atoms with Gasteiger partial charge in [0.15, 0.2) is 9.84 Å². The number of nitrogens with zero attached hydrogens (tertiary/aromatic N) is 1. The van der Waals surface area contributed by atoms with Gasteiger partial charge in [0.2, 0.25) is 0 Å². The van der Waals surface area contributed by atoms with Crippen molar-refractivity contribution in [2.75, 3.05) is 18.1 Å². The lowest BCUT2D eigenvalue weighted by Gasteiger charge is -2.01. The maximum atomic E-state index is 11.4. The van der Waals surface area contributed by atoms with Crippen molar-refractivity contribution in [1.82, 2.24) is 10.3 Å². The van der Waals surface area contributed by atoms with Crippen molar-refractivity contribution >= 4 is 21.2 Å². The monoisotopic (exact) mass is 274 g/mol. The molecule has 6 heteroatoms. The fourth-order valence-corrected chi connectivity index (χ4v) is 5.04. The molecular formula is C11H18N2O2S2. The normalized spacial score (nSPS) is 23.1. The summed E-state index contributed by atoms with van der Waals surface area (Å²) in [5.41, 5.74) is 1.04. The Labute approximate surface area is 106 Å². The number of sulfone groups is 1. The largest absolute Gasteiger partial charge is 0.312 e. The van der Waals surface area contributed by atoms with E-state index in [0.717, 1.165) is 30.2 Å². The summed E-state index contributed by atoms with van der Waals surface area (Å²) in [5.74, 6) is 0.721. The lowest BCUT2D eigenvalue weighted by molar-refractivity contribution is 0.601. The van der Waals surface area contributed by atoms with Crippen molar-refractivity contribution in [2.24, 2.45) is 0 Å². The van der Waals surface area contributed by atoms with Gasteiger partial charge in [-0.2, -0.15) is 0 Å². The summed E-state index contributed by atoms with van der Waals surface area (Å²) in [5, 5.41) is 4.27. The van der Waals surface area contributed by atoms with Gasteiger partial charge in [-0.3, -0.25) is 0 Å². The Bertz CT molecular complexity index is 494. The molecule has 0 radical (unpaired) electrons. The number of aryl methyl sites for hydroxylation is 1. The molecule has 0 spiro atoms. The fourth-order valence-electron chi connectivity index (χ4n) is 2.02. The maximum Gasteiger partial charge on any atom is 0.151 e.